The minimum atomic E-state index is -3.67. The Bertz CT molecular complexity index is 1020. The molecule has 0 amide bonds. The number of benzene rings is 2. The van der Waals surface area contributed by atoms with Crippen molar-refractivity contribution < 1.29 is 12.8 Å². The van der Waals surface area contributed by atoms with Gasteiger partial charge in [0.2, 0.25) is 5.89 Å². The molecule has 1 heterocycles. The monoisotopic (exact) mass is 356 g/mol. The molecule has 1 N–H and O–H groups in total. The van der Waals surface area contributed by atoms with Crippen LogP contribution in [0.3, 0.4) is 0 Å². The number of nitrogens with one attached hydrogen (secondary N) is 1. The van der Waals surface area contributed by atoms with Crippen LogP contribution in [0.5, 0.6) is 0 Å². The third kappa shape index (κ3) is 3.58. The van der Waals surface area contributed by atoms with Crippen LogP contribution in [0, 0.1) is 27.7 Å². The lowest BCUT2D eigenvalue weighted by molar-refractivity contribution is 0.541. The number of hydrogen-bond donors (Lipinski definition) is 1. The molecule has 0 aliphatic rings. The van der Waals surface area contributed by atoms with E-state index < -0.39 is 10.0 Å². The fourth-order valence-corrected chi connectivity index (χ4v) is 3.90. The van der Waals surface area contributed by atoms with E-state index in [1.54, 1.807) is 37.3 Å². The normalized spacial score (nSPS) is 11.5. The Kier molecular flexibility index (Phi) is 4.39. The number of sulfonamides is 1. The van der Waals surface area contributed by atoms with Gasteiger partial charge in [0.05, 0.1) is 10.6 Å². The van der Waals surface area contributed by atoms with E-state index in [0.29, 0.717) is 17.1 Å². The molecule has 3 rings (SSSR count). The summed E-state index contributed by atoms with van der Waals surface area (Å²) >= 11 is 0. The summed E-state index contributed by atoms with van der Waals surface area (Å²) in [6.07, 6.45) is 0. The number of oxazole rings is 1. The lowest BCUT2D eigenvalue weighted by atomic mass is 10.2. The standard InChI is InChI=1S/C19H20N2O3S/c1-12-8-9-13(2)18(10-12)25(22,23)21-17-7-5-6-16(11-17)19-20-14(3)15(4)24-19/h5-11,21H,1-4H3. The molecule has 2 aromatic carbocycles. The molecule has 0 saturated carbocycles. The molecule has 0 radical (unpaired) electrons. The Morgan fingerprint density at radius 1 is 1.00 bits per heavy atom. The summed E-state index contributed by atoms with van der Waals surface area (Å²) in [5.74, 6) is 1.22. The second-order valence-corrected chi connectivity index (χ2v) is 7.77. The summed E-state index contributed by atoms with van der Waals surface area (Å²) in [7, 11) is -3.67. The third-order valence-electron chi connectivity index (χ3n) is 4.02. The van der Waals surface area contributed by atoms with Crippen LogP contribution in [0.25, 0.3) is 11.5 Å². The Morgan fingerprint density at radius 2 is 1.76 bits per heavy atom. The van der Waals surface area contributed by atoms with Gasteiger partial charge in [0, 0.05) is 11.3 Å². The van der Waals surface area contributed by atoms with Crippen molar-refractivity contribution in [3.63, 3.8) is 0 Å². The van der Waals surface area contributed by atoms with Gasteiger partial charge in [-0.15, -0.1) is 0 Å². The quantitative estimate of drug-likeness (QED) is 0.753. The molecule has 0 saturated heterocycles. The zero-order valence-electron chi connectivity index (χ0n) is 14.6. The van der Waals surface area contributed by atoms with Gasteiger partial charge in [0.1, 0.15) is 5.76 Å². The molecule has 25 heavy (non-hydrogen) atoms. The maximum absolute atomic E-state index is 12.7. The predicted octanol–water partition coefficient (Wildman–Crippen LogP) is 4.38. The van der Waals surface area contributed by atoms with Crippen molar-refractivity contribution in [2.75, 3.05) is 4.72 Å². The van der Waals surface area contributed by atoms with Crippen molar-refractivity contribution in [2.24, 2.45) is 0 Å². The van der Waals surface area contributed by atoms with E-state index >= 15 is 0 Å². The number of aryl methyl sites for hydroxylation is 4. The second-order valence-electron chi connectivity index (χ2n) is 6.12. The van der Waals surface area contributed by atoms with Crippen molar-refractivity contribution >= 4 is 15.7 Å². The van der Waals surface area contributed by atoms with Crippen LogP contribution in [0.1, 0.15) is 22.6 Å². The molecule has 3 aromatic rings. The first kappa shape index (κ1) is 17.2. The molecule has 0 atom stereocenters. The van der Waals surface area contributed by atoms with Gasteiger partial charge in [-0.2, -0.15) is 0 Å². The molecule has 1 aromatic heterocycles. The first-order valence-corrected chi connectivity index (χ1v) is 9.39. The summed E-state index contributed by atoms with van der Waals surface area (Å²) < 4.78 is 33.7. The van der Waals surface area contributed by atoms with Gasteiger partial charge in [-0.05, 0) is 63.1 Å². The second kappa shape index (κ2) is 6.37. The van der Waals surface area contributed by atoms with E-state index in [2.05, 4.69) is 9.71 Å². The number of rotatable bonds is 4. The van der Waals surface area contributed by atoms with Crippen molar-refractivity contribution in [1.29, 1.82) is 0 Å². The maximum atomic E-state index is 12.7. The number of nitrogens with zero attached hydrogens (tertiary/aromatic N) is 1. The van der Waals surface area contributed by atoms with Crippen LogP contribution in [0.4, 0.5) is 5.69 Å². The number of hydrogen-bond acceptors (Lipinski definition) is 4. The molecule has 0 aliphatic heterocycles. The van der Waals surface area contributed by atoms with E-state index in [9.17, 15) is 8.42 Å². The van der Waals surface area contributed by atoms with Gasteiger partial charge < -0.3 is 4.42 Å². The Balaban J connectivity index is 1.95. The van der Waals surface area contributed by atoms with Crippen molar-refractivity contribution in [3.8, 4) is 11.5 Å². The van der Waals surface area contributed by atoms with Gasteiger partial charge in [0.15, 0.2) is 0 Å². The van der Waals surface area contributed by atoms with Crippen LogP contribution in [0.15, 0.2) is 51.8 Å². The highest BCUT2D eigenvalue weighted by Gasteiger charge is 2.18. The SMILES string of the molecule is Cc1ccc(C)c(S(=O)(=O)Nc2cccc(-c3nc(C)c(C)o3)c2)c1. The van der Waals surface area contributed by atoms with Gasteiger partial charge in [0.25, 0.3) is 10.0 Å². The average molecular weight is 356 g/mol. The molecular weight excluding hydrogens is 336 g/mol. The van der Waals surface area contributed by atoms with Gasteiger partial charge in [-0.25, -0.2) is 13.4 Å². The number of anilines is 1. The highest BCUT2D eigenvalue weighted by molar-refractivity contribution is 7.92. The summed E-state index contributed by atoms with van der Waals surface area (Å²) in [4.78, 5) is 4.64. The summed E-state index contributed by atoms with van der Waals surface area (Å²) in [6, 6.07) is 12.4. The van der Waals surface area contributed by atoms with Gasteiger partial charge in [-0.3, -0.25) is 4.72 Å². The summed E-state index contributed by atoms with van der Waals surface area (Å²) in [5.41, 5.74) is 3.60. The van der Waals surface area contributed by atoms with Crippen LogP contribution < -0.4 is 4.72 Å². The molecule has 0 spiro atoms. The molecule has 5 nitrogen and oxygen atoms in total. The largest absolute Gasteiger partial charge is 0.441 e. The smallest absolute Gasteiger partial charge is 0.262 e. The van der Waals surface area contributed by atoms with Gasteiger partial charge in [-0.1, -0.05) is 18.2 Å². The first-order chi connectivity index (χ1) is 11.8. The fraction of sp³-hybridized carbons (Fsp3) is 0.211. The molecule has 0 bridgehead atoms. The van der Waals surface area contributed by atoms with E-state index in [1.165, 1.54) is 0 Å². The molecule has 6 heteroatoms. The fourth-order valence-electron chi connectivity index (χ4n) is 2.52. The molecule has 0 aliphatic carbocycles. The van der Waals surface area contributed by atoms with Crippen LogP contribution in [-0.2, 0) is 10.0 Å². The van der Waals surface area contributed by atoms with E-state index in [4.69, 9.17) is 4.42 Å². The minimum absolute atomic E-state index is 0.278. The van der Waals surface area contributed by atoms with Crippen molar-refractivity contribution in [2.45, 2.75) is 32.6 Å². The Hall–Kier alpha value is -2.60. The topological polar surface area (TPSA) is 72.2 Å². The zero-order chi connectivity index (χ0) is 18.2. The third-order valence-corrected chi connectivity index (χ3v) is 5.55. The van der Waals surface area contributed by atoms with E-state index in [0.717, 1.165) is 22.6 Å². The summed E-state index contributed by atoms with van der Waals surface area (Å²) in [6.45, 7) is 7.36. The maximum Gasteiger partial charge on any atom is 0.262 e. The first-order valence-electron chi connectivity index (χ1n) is 7.91. The summed E-state index contributed by atoms with van der Waals surface area (Å²) in [5, 5.41) is 0. The predicted molar refractivity (Wildman–Crippen MR) is 98.1 cm³/mol. The van der Waals surface area contributed by atoms with E-state index in [1.807, 2.05) is 32.9 Å². The minimum Gasteiger partial charge on any atom is -0.441 e. The van der Waals surface area contributed by atoms with Crippen LogP contribution in [-0.4, -0.2) is 13.4 Å². The van der Waals surface area contributed by atoms with Crippen molar-refractivity contribution in [1.82, 2.24) is 4.98 Å². The lowest BCUT2D eigenvalue weighted by Gasteiger charge is -2.11. The number of aromatic nitrogens is 1. The Morgan fingerprint density at radius 3 is 2.44 bits per heavy atom. The zero-order valence-corrected chi connectivity index (χ0v) is 15.4. The van der Waals surface area contributed by atoms with Crippen LogP contribution in [0.2, 0.25) is 0 Å². The van der Waals surface area contributed by atoms with Gasteiger partial charge >= 0.3 is 0 Å². The van der Waals surface area contributed by atoms with Crippen molar-refractivity contribution in [3.05, 3.63) is 65.0 Å². The Labute approximate surface area is 147 Å². The van der Waals surface area contributed by atoms with E-state index in [-0.39, 0.29) is 4.90 Å². The molecule has 130 valence electrons. The average Bonchev–Trinajstić information content (AvgIpc) is 2.89. The highest BCUT2D eigenvalue weighted by Crippen LogP contribution is 2.26. The molecular formula is C19H20N2O3S. The van der Waals surface area contributed by atoms with Crippen LogP contribution >= 0.6 is 0 Å². The molecule has 0 fully saturated rings. The lowest BCUT2D eigenvalue weighted by Crippen LogP contribution is -2.14. The molecule has 0 unspecified atom stereocenters. The highest BCUT2D eigenvalue weighted by atomic mass is 32.2.